The van der Waals surface area contributed by atoms with Gasteiger partial charge in [0.05, 0.1) is 24.1 Å². The maximum absolute atomic E-state index is 12.5. The van der Waals surface area contributed by atoms with Crippen LogP contribution in [0.3, 0.4) is 0 Å². The van der Waals surface area contributed by atoms with E-state index < -0.39 is 6.61 Å². The van der Waals surface area contributed by atoms with Gasteiger partial charge in [-0.15, -0.1) is 22.7 Å². The molecular formula is C17H14F2N2O3S2. The molecular weight excluding hydrogens is 382 g/mol. The molecule has 0 unspecified atom stereocenters. The number of amides is 1. The third-order valence-corrected chi connectivity index (χ3v) is 5.22. The summed E-state index contributed by atoms with van der Waals surface area (Å²) in [7, 11) is 1.35. The highest BCUT2D eigenvalue weighted by molar-refractivity contribution is 7.20. The summed E-state index contributed by atoms with van der Waals surface area (Å²) in [4.78, 5) is 17.7. The highest BCUT2D eigenvalue weighted by atomic mass is 32.1. The fourth-order valence-corrected chi connectivity index (χ4v) is 3.85. The van der Waals surface area contributed by atoms with Crippen LogP contribution in [0, 0.1) is 0 Å². The Morgan fingerprint density at radius 3 is 2.81 bits per heavy atom. The first-order valence-corrected chi connectivity index (χ1v) is 9.22. The van der Waals surface area contributed by atoms with Crippen LogP contribution in [0.1, 0.15) is 5.69 Å². The van der Waals surface area contributed by atoms with Crippen molar-refractivity contribution in [3.63, 3.8) is 0 Å². The molecule has 9 heteroatoms. The largest absolute Gasteiger partial charge is 0.493 e. The summed E-state index contributed by atoms with van der Waals surface area (Å²) in [6.45, 7) is -2.99. The SMILES string of the molecule is COc1ccc(NC(=O)Cc2csc(-c3cccs3)n2)cc1OC(F)F. The number of aromatic nitrogens is 1. The number of thiophene rings is 1. The van der Waals surface area contributed by atoms with E-state index in [2.05, 4.69) is 15.0 Å². The number of anilines is 1. The molecule has 0 radical (unpaired) electrons. The Kier molecular flexibility index (Phi) is 5.79. The van der Waals surface area contributed by atoms with Crippen LogP contribution in [0.4, 0.5) is 14.5 Å². The molecule has 5 nitrogen and oxygen atoms in total. The molecule has 0 bridgehead atoms. The second-order valence-corrected chi connectivity index (χ2v) is 6.90. The van der Waals surface area contributed by atoms with Crippen LogP contribution in [-0.2, 0) is 11.2 Å². The number of thiazole rings is 1. The van der Waals surface area contributed by atoms with Crippen LogP contribution >= 0.6 is 22.7 Å². The van der Waals surface area contributed by atoms with E-state index in [9.17, 15) is 13.6 Å². The molecule has 3 rings (SSSR count). The van der Waals surface area contributed by atoms with Gasteiger partial charge in [0.15, 0.2) is 11.5 Å². The van der Waals surface area contributed by atoms with Crippen molar-refractivity contribution in [2.45, 2.75) is 13.0 Å². The van der Waals surface area contributed by atoms with Crippen molar-refractivity contribution in [2.24, 2.45) is 0 Å². The fourth-order valence-electron chi connectivity index (χ4n) is 2.21. The average molecular weight is 396 g/mol. The van der Waals surface area contributed by atoms with Gasteiger partial charge in [0.25, 0.3) is 0 Å². The molecule has 26 heavy (non-hydrogen) atoms. The number of carbonyl (C=O) groups excluding carboxylic acids is 1. The predicted octanol–water partition coefficient (Wildman–Crippen LogP) is 4.66. The summed E-state index contributed by atoms with van der Waals surface area (Å²) in [5, 5.41) is 7.30. The van der Waals surface area contributed by atoms with Crippen molar-refractivity contribution in [3.8, 4) is 21.4 Å². The average Bonchev–Trinajstić information content (AvgIpc) is 3.25. The Morgan fingerprint density at radius 2 is 2.12 bits per heavy atom. The molecule has 2 heterocycles. The molecule has 3 aromatic rings. The normalized spacial score (nSPS) is 10.8. The molecule has 0 aliphatic carbocycles. The van der Waals surface area contributed by atoms with Gasteiger partial charge in [-0.25, -0.2) is 4.98 Å². The number of hydrogen-bond donors (Lipinski definition) is 1. The van der Waals surface area contributed by atoms with Crippen LogP contribution in [0.5, 0.6) is 11.5 Å². The van der Waals surface area contributed by atoms with Gasteiger partial charge in [0, 0.05) is 17.1 Å². The zero-order chi connectivity index (χ0) is 18.5. The molecule has 2 aromatic heterocycles. The Hall–Kier alpha value is -2.52. The van der Waals surface area contributed by atoms with E-state index in [0.717, 1.165) is 9.88 Å². The zero-order valence-corrected chi connectivity index (χ0v) is 15.2. The van der Waals surface area contributed by atoms with E-state index >= 15 is 0 Å². The second-order valence-electron chi connectivity index (χ2n) is 5.09. The maximum Gasteiger partial charge on any atom is 0.387 e. The van der Waals surface area contributed by atoms with Crippen LogP contribution in [0.15, 0.2) is 41.1 Å². The molecule has 0 fully saturated rings. The first-order chi connectivity index (χ1) is 12.5. The summed E-state index contributed by atoms with van der Waals surface area (Å²) in [5.74, 6) is -0.293. The molecule has 0 aliphatic rings. The number of alkyl halides is 2. The van der Waals surface area contributed by atoms with Gasteiger partial charge in [-0.3, -0.25) is 4.79 Å². The third-order valence-electron chi connectivity index (χ3n) is 3.29. The number of nitrogens with zero attached hydrogens (tertiary/aromatic N) is 1. The second kappa shape index (κ2) is 8.24. The quantitative estimate of drug-likeness (QED) is 0.631. The summed E-state index contributed by atoms with van der Waals surface area (Å²) in [6, 6.07) is 8.20. The predicted molar refractivity (Wildman–Crippen MR) is 97.4 cm³/mol. The highest BCUT2D eigenvalue weighted by Crippen LogP contribution is 2.32. The summed E-state index contributed by atoms with van der Waals surface area (Å²) >= 11 is 3.05. The van der Waals surface area contributed by atoms with E-state index in [1.54, 1.807) is 17.4 Å². The first kappa shape index (κ1) is 18.3. The lowest BCUT2D eigenvalue weighted by molar-refractivity contribution is -0.115. The van der Waals surface area contributed by atoms with E-state index in [4.69, 9.17) is 4.74 Å². The Morgan fingerprint density at radius 1 is 1.27 bits per heavy atom. The molecule has 136 valence electrons. The summed E-state index contributed by atoms with van der Waals surface area (Å²) in [5.41, 5.74) is 0.980. The lowest BCUT2D eigenvalue weighted by atomic mass is 10.2. The van der Waals surface area contributed by atoms with Gasteiger partial charge in [0.1, 0.15) is 5.01 Å². The van der Waals surface area contributed by atoms with Crippen molar-refractivity contribution < 1.29 is 23.0 Å². The molecule has 1 amide bonds. The summed E-state index contributed by atoms with van der Waals surface area (Å²) < 4.78 is 34.3. The fraction of sp³-hybridized carbons (Fsp3) is 0.176. The number of halogens is 2. The number of rotatable bonds is 7. The van der Waals surface area contributed by atoms with Crippen LogP contribution < -0.4 is 14.8 Å². The number of carbonyl (C=O) groups is 1. The Balaban J connectivity index is 1.66. The minimum atomic E-state index is -2.99. The van der Waals surface area contributed by atoms with Gasteiger partial charge >= 0.3 is 6.61 Å². The number of ether oxygens (including phenoxy) is 2. The topological polar surface area (TPSA) is 60.5 Å². The lowest BCUT2D eigenvalue weighted by Gasteiger charge is -2.12. The van der Waals surface area contributed by atoms with E-state index in [1.807, 2.05) is 22.9 Å². The number of hydrogen-bond acceptors (Lipinski definition) is 6. The smallest absolute Gasteiger partial charge is 0.387 e. The minimum absolute atomic E-state index is 0.0823. The van der Waals surface area contributed by atoms with Crippen molar-refractivity contribution in [1.29, 1.82) is 0 Å². The Labute approximate surface area is 156 Å². The van der Waals surface area contributed by atoms with Crippen LogP contribution in [0.25, 0.3) is 9.88 Å². The standard InChI is InChI=1S/C17H14F2N2O3S2/c1-23-12-5-4-10(7-13(12)24-17(18)19)20-15(22)8-11-9-26-16(21-11)14-3-2-6-25-14/h2-7,9,17H,8H2,1H3,(H,20,22). The highest BCUT2D eigenvalue weighted by Gasteiger charge is 2.14. The first-order valence-electron chi connectivity index (χ1n) is 7.46. The van der Waals surface area contributed by atoms with E-state index in [1.165, 1.54) is 30.6 Å². The Bertz CT molecular complexity index is 882. The minimum Gasteiger partial charge on any atom is -0.493 e. The molecule has 0 aliphatic heterocycles. The summed E-state index contributed by atoms with van der Waals surface area (Å²) in [6.07, 6.45) is 0.0823. The molecule has 1 aromatic carbocycles. The van der Waals surface area contributed by atoms with Crippen molar-refractivity contribution in [2.75, 3.05) is 12.4 Å². The van der Waals surface area contributed by atoms with Crippen molar-refractivity contribution >= 4 is 34.3 Å². The number of methoxy groups -OCH3 is 1. The van der Waals surface area contributed by atoms with Crippen molar-refractivity contribution in [1.82, 2.24) is 4.98 Å². The molecule has 1 N–H and O–H groups in total. The van der Waals surface area contributed by atoms with Crippen LogP contribution in [0.2, 0.25) is 0 Å². The molecule has 0 saturated heterocycles. The maximum atomic E-state index is 12.5. The number of benzene rings is 1. The third kappa shape index (κ3) is 4.55. The van der Waals surface area contributed by atoms with Gasteiger partial charge < -0.3 is 14.8 Å². The van der Waals surface area contributed by atoms with Crippen molar-refractivity contribution in [3.05, 3.63) is 46.8 Å². The molecule has 0 atom stereocenters. The molecule has 0 spiro atoms. The van der Waals surface area contributed by atoms with Gasteiger partial charge in [-0.2, -0.15) is 8.78 Å². The van der Waals surface area contributed by atoms with E-state index in [0.29, 0.717) is 11.4 Å². The van der Waals surface area contributed by atoms with Gasteiger partial charge in [0.2, 0.25) is 5.91 Å². The van der Waals surface area contributed by atoms with Gasteiger partial charge in [-0.1, -0.05) is 6.07 Å². The monoisotopic (exact) mass is 396 g/mol. The van der Waals surface area contributed by atoms with Crippen LogP contribution in [-0.4, -0.2) is 24.6 Å². The zero-order valence-electron chi connectivity index (χ0n) is 13.6. The van der Waals surface area contributed by atoms with E-state index in [-0.39, 0.29) is 23.8 Å². The lowest BCUT2D eigenvalue weighted by Crippen LogP contribution is -2.15. The number of nitrogens with one attached hydrogen (secondary N) is 1. The van der Waals surface area contributed by atoms with Gasteiger partial charge in [-0.05, 0) is 23.6 Å². The molecule has 0 saturated carbocycles.